The van der Waals surface area contributed by atoms with Crippen molar-refractivity contribution in [1.29, 1.82) is 0 Å². The molecule has 1 atom stereocenters. The summed E-state index contributed by atoms with van der Waals surface area (Å²) in [5.41, 5.74) is 7.22. The molecule has 3 rings (SSSR count). The van der Waals surface area contributed by atoms with Gasteiger partial charge in [0, 0.05) is 12.6 Å². The van der Waals surface area contributed by atoms with Gasteiger partial charge in [0.25, 0.3) is 0 Å². The average molecular weight is 330 g/mol. The molecule has 1 saturated heterocycles. The Bertz CT molecular complexity index is 716. The van der Waals surface area contributed by atoms with Crippen LogP contribution in [0.5, 0.6) is 0 Å². The van der Waals surface area contributed by atoms with Gasteiger partial charge in [0.05, 0.1) is 25.3 Å². The Morgan fingerprint density at radius 2 is 2.12 bits per heavy atom. The highest BCUT2D eigenvalue weighted by Gasteiger charge is 2.26. The molecule has 0 bridgehead atoms. The molecule has 7 heteroatoms. The number of nitrogens with two attached hydrogens (primary N) is 1. The normalized spacial score (nSPS) is 17.8. The standard InChI is InChI=1S/C17H19FN4O2/c1-11-20-14(9-16(19)21-11)15-10-22(6-7-24-15)17(23)8-12-2-4-13(18)5-3-12/h2-5,9,15H,6-8,10H2,1H3,(H2,19,20,21). The Hall–Kier alpha value is -2.54. The monoisotopic (exact) mass is 330 g/mol. The van der Waals surface area contributed by atoms with Crippen molar-refractivity contribution in [1.82, 2.24) is 14.9 Å². The number of aryl methyl sites for hydroxylation is 1. The van der Waals surface area contributed by atoms with Crippen molar-refractivity contribution in [3.63, 3.8) is 0 Å². The average Bonchev–Trinajstić information content (AvgIpc) is 2.56. The van der Waals surface area contributed by atoms with Gasteiger partial charge in [0.15, 0.2) is 0 Å². The summed E-state index contributed by atoms with van der Waals surface area (Å²) in [4.78, 5) is 22.6. The maximum atomic E-state index is 12.9. The zero-order chi connectivity index (χ0) is 17.1. The Morgan fingerprint density at radius 3 is 2.83 bits per heavy atom. The van der Waals surface area contributed by atoms with Crippen LogP contribution in [-0.2, 0) is 16.0 Å². The van der Waals surface area contributed by atoms with Crippen LogP contribution in [0, 0.1) is 12.7 Å². The number of hydrogen-bond acceptors (Lipinski definition) is 5. The number of rotatable bonds is 3. The van der Waals surface area contributed by atoms with Crippen molar-refractivity contribution >= 4 is 11.7 Å². The first-order valence-corrected chi connectivity index (χ1v) is 7.76. The molecule has 1 amide bonds. The second-order valence-electron chi connectivity index (χ2n) is 5.77. The molecule has 126 valence electrons. The van der Waals surface area contributed by atoms with Gasteiger partial charge in [-0.15, -0.1) is 0 Å². The van der Waals surface area contributed by atoms with Gasteiger partial charge in [0.1, 0.15) is 23.6 Å². The van der Waals surface area contributed by atoms with Gasteiger partial charge in [-0.05, 0) is 24.6 Å². The first kappa shape index (κ1) is 16.3. The van der Waals surface area contributed by atoms with Crippen LogP contribution in [0.1, 0.15) is 23.2 Å². The number of halogens is 1. The summed E-state index contributed by atoms with van der Waals surface area (Å²) in [6.45, 7) is 3.13. The van der Waals surface area contributed by atoms with Crippen molar-refractivity contribution in [2.75, 3.05) is 25.4 Å². The fraction of sp³-hybridized carbons (Fsp3) is 0.353. The number of ether oxygens (including phenoxy) is 1. The van der Waals surface area contributed by atoms with Crippen LogP contribution >= 0.6 is 0 Å². The number of hydrogen-bond donors (Lipinski definition) is 1. The molecule has 2 aromatic rings. The largest absolute Gasteiger partial charge is 0.384 e. The van der Waals surface area contributed by atoms with Crippen molar-refractivity contribution in [3.8, 4) is 0 Å². The van der Waals surface area contributed by atoms with Gasteiger partial charge in [-0.25, -0.2) is 14.4 Å². The molecule has 1 aromatic heterocycles. The van der Waals surface area contributed by atoms with Crippen LogP contribution in [0.25, 0.3) is 0 Å². The maximum absolute atomic E-state index is 12.9. The SMILES string of the molecule is Cc1nc(N)cc(C2CN(C(=O)Cc3ccc(F)cc3)CCO2)n1. The molecule has 2 heterocycles. The lowest BCUT2D eigenvalue weighted by molar-refractivity contribution is -0.138. The first-order valence-electron chi connectivity index (χ1n) is 7.76. The molecule has 1 fully saturated rings. The molecule has 0 aliphatic carbocycles. The number of aromatic nitrogens is 2. The van der Waals surface area contributed by atoms with E-state index < -0.39 is 0 Å². The Kier molecular flexibility index (Phi) is 4.71. The minimum atomic E-state index is -0.320. The zero-order valence-electron chi connectivity index (χ0n) is 13.4. The van der Waals surface area contributed by atoms with Crippen LogP contribution in [0.4, 0.5) is 10.2 Å². The number of nitrogen functional groups attached to an aromatic ring is 1. The molecule has 6 nitrogen and oxygen atoms in total. The Balaban J connectivity index is 1.68. The topological polar surface area (TPSA) is 81.3 Å². The number of nitrogens with zero attached hydrogens (tertiary/aromatic N) is 3. The third-order valence-corrected chi connectivity index (χ3v) is 3.90. The third kappa shape index (κ3) is 3.86. The predicted octanol–water partition coefficient (Wildman–Crippen LogP) is 1.65. The molecule has 1 unspecified atom stereocenters. The van der Waals surface area contributed by atoms with Gasteiger partial charge in [-0.2, -0.15) is 0 Å². The van der Waals surface area contributed by atoms with E-state index in [2.05, 4.69) is 9.97 Å². The lowest BCUT2D eigenvalue weighted by Crippen LogP contribution is -2.43. The van der Waals surface area contributed by atoms with E-state index in [9.17, 15) is 9.18 Å². The van der Waals surface area contributed by atoms with Gasteiger partial charge in [-0.3, -0.25) is 4.79 Å². The van der Waals surface area contributed by atoms with Crippen LogP contribution < -0.4 is 5.73 Å². The van der Waals surface area contributed by atoms with E-state index in [1.807, 2.05) is 0 Å². The van der Waals surface area contributed by atoms with Gasteiger partial charge < -0.3 is 15.4 Å². The minimum absolute atomic E-state index is 0.0198. The van der Waals surface area contributed by atoms with Crippen LogP contribution in [-0.4, -0.2) is 40.5 Å². The summed E-state index contributed by atoms with van der Waals surface area (Å²) in [5.74, 6) is 0.627. The summed E-state index contributed by atoms with van der Waals surface area (Å²) in [6.07, 6.45) is -0.0855. The molecule has 0 radical (unpaired) electrons. The number of benzene rings is 1. The molecule has 24 heavy (non-hydrogen) atoms. The van der Waals surface area contributed by atoms with E-state index >= 15 is 0 Å². The van der Waals surface area contributed by atoms with Crippen molar-refractivity contribution in [2.45, 2.75) is 19.4 Å². The molecule has 0 saturated carbocycles. The fourth-order valence-electron chi connectivity index (χ4n) is 2.72. The van der Waals surface area contributed by atoms with Gasteiger partial charge in [-0.1, -0.05) is 12.1 Å². The first-order chi connectivity index (χ1) is 11.5. The number of anilines is 1. The van der Waals surface area contributed by atoms with Gasteiger partial charge in [0.2, 0.25) is 5.91 Å². The van der Waals surface area contributed by atoms with Crippen molar-refractivity contribution in [3.05, 3.63) is 53.2 Å². The summed E-state index contributed by atoms with van der Waals surface area (Å²) in [7, 11) is 0. The fourth-order valence-corrected chi connectivity index (χ4v) is 2.72. The Labute approximate surface area is 139 Å². The number of carbonyl (C=O) groups is 1. The quantitative estimate of drug-likeness (QED) is 0.925. The number of amides is 1. The Morgan fingerprint density at radius 1 is 1.38 bits per heavy atom. The lowest BCUT2D eigenvalue weighted by atomic mass is 10.1. The summed E-state index contributed by atoms with van der Waals surface area (Å²) in [6, 6.07) is 7.64. The second-order valence-corrected chi connectivity index (χ2v) is 5.77. The van der Waals surface area contributed by atoms with E-state index in [0.29, 0.717) is 37.0 Å². The van der Waals surface area contributed by atoms with E-state index in [-0.39, 0.29) is 24.2 Å². The minimum Gasteiger partial charge on any atom is -0.384 e. The van der Waals surface area contributed by atoms with Gasteiger partial charge >= 0.3 is 0 Å². The number of carbonyl (C=O) groups excluding carboxylic acids is 1. The molecule has 1 aromatic carbocycles. The van der Waals surface area contributed by atoms with E-state index in [1.165, 1.54) is 12.1 Å². The molecule has 2 N–H and O–H groups in total. The van der Waals surface area contributed by atoms with Crippen molar-refractivity contribution in [2.24, 2.45) is 0 Å². The summed E-state index contributed by atoms with van der Waals surface area (Å²) < 4.78 is 18.7. The van der Waals surface area contributed by atoms with Crippen LogP contribution in [0.2, 0.25) is 0 Å². The second kappa shape index (κ2) is 6.92. The lowest BCUT2D eigenvalue weighted by Gasteiger charge is -2.33. The third-order valence-electron chi connectivity index (χ3n) is 3.90. The van der Waals surface area contributed by atoms with E-state index in [4.69, 9.17) is 10.5 Å². The highest BCUT2D eigenvalue weighted by atomic mass is 19.1. The molecular formula is C17H19FN4O2. The van der Waals surface area contributed by atoms with Crippen molar-refractivity contribution < 1.29 is 13.9 Å². The van der Waals surface area contributed by atoms with Crippen LogP contribution in [0.3, 0.4) is 0 Å². The number of morpholine rings is 1. The van der Waals surface area contributed by atoms with E-state index in [1.54, 1.807) is 30.0 Å². The molecular weight excluding hydrogens is 311 g/mol. The van der Waals surface area contributed by atoms with E-state index in [0.717, 1.165) is 5.56 Å². The zero-order valence-corrected chi connectivity index (χ0v) is 13.4. The highest BCUT2D eigenvalue weighted by molar-refractivity contribution is 5.78. The predicted molar refractivity (Wildman–Crippen MR) is 86.6 cm³/mol. The molecule has 1 aliphatic rings. The summed E-state index contributed by atoms with van der Waals surface area (Å²) in [5, 5.41) is 0. The molecule has 1 aliphatic heterocycles. The highest BCUT2D eigenvalue weighted by Crippen LogP contribution is 2.22. The van der Waals surface area contributed by atoms with Crippen LogP contribution in [0.15, 0.2) is 30.3 Å². The summed E-state index contributed by atoms with van der Waals surface area (Å²) >= 11 is 0. The molecule has 0 spiro atoms. The maximum Gasteiger partial charge on any atom is 0.227 e. The smallest absolute Gasteiger partial charge is 0.227 e.